The number of nitrogens with zero attached hydrogens (tertiary/aromatic N) is 2. The number of ether oxygens (including phenoxy) is 1. The van der Waals surface area contributed by atoms with Gasteiger partial charge in [-0.15, -0.1) is 0 Å². The quantitative estimate of drug-likeness (QED) is 0.450. The summed E-state index contributed by atoms with van der Waals surface area (Å²) in [5.74, 6) is -0.373. The van der Waals surface area contributed by atoms with Gasteiger partial charge in [-0.1, -0.05) is 0 Å². The van der Waals surface area contributed by atoms with Crippen LogP contribution in [-0.2, 0) is 4.79 Å². The zero-order chi connectivity index (χ0) is 22.8. The molecule has 0 atom stereocenters. The van der Waals surface area contributed by atoms with E-state index in [4.69, 9.17) is 9.15 Å². The summed E-state index contributed by atoms with van der Waals surface area (Å²) >= 11 is 0. The maximum absolute atomic E-state index is 14.4. The van der Waals surface area contributed by atoms with E-state index in [0.717, 1.165) is 10.9 Å². The third kappa shape index (κ3) is 4.49. The molecule has 1 fully saturated rings. The highest BCUT2D eigenvalue weighted by Gasteiger charge is 2.23. The van der Waals surface area contributed by atoms with Crippen molar-refractivity contribution < 1.29 is 23.1 Å². The third-order valence-corrected chi connectivity index (χ3v) is 5.61. The lowest BCUT2D eigenvalue weighted by atomic mass is 10.1. The van der Waals surface area contributed by atoms with Crippen LogP contribution in [0.1, 0.15) is 22.8 Å². The van der Waals surface area contributed by atoms with Gasteiger partial charge in [0.15, 0.2) is 12.4 Å². The number of rotatable bonds is 5. The molecule has 166 valence electrons. The third-order valence-electron chi connectivity index (χ3n) is 5.61. The summed E-state index contributed by atoms with van der Waals surface area (Å²) in [5.41, 5.74) is 1.54. The van der Waals surface area contributed by atoms with Gasteiger partial charge in [0, 0.05) is 49.3 Å². The van der Waals surface area contributed by atoms with E-state index in [1.165, 1.54) is 19.1 Å². The van der Waals surface area contributed by atoms with E-state index in [2.05, 4.69) is 0 Å². The number of hydrogen-bond acceptors (Lipinski definition) is 6. The lowest BCUT2D eigenvalue weighted by molar-refractivity contribution is -0.133. The highest BCUT2D eigenvalue weighted by molar-refractivity contribution is 5.94. The number of benzene rings is 2. The first kappa shape index (κ1) is 21.5. The van der Waals surface area contributed by atoms with Gasteiger partial charge in [0.25, 0.3) is 5.91 Å². The fraction of sp³-hybridized carbons (Fsp3) is 0.292. The molecule has 2 heterocycles. The molecule has 1 saturated heterocycles. The average molecular weight is 438 g/mol. The maximum Gasteiger partial charge on any atom is 0.336 e. The largest absolute Gasteiger partial charge is 0.484 e. The summed E-state index contributed by atoms with van der Waals surface area (Å²) in [6.07, 6.45) is 0. The van der Waals surface area contributed by atoms with Crippen LogP contribution in [0.15, 0.2) is 51.7 Å². The van der Waals surface area contributed by atoms with Gasteiger partial charge in [-0.25, -0.2) is 9.18 Å². The smallest absolute Gasteiger partial charge is 0.336 e. The zero-order valence-corrected chi connectivity index (χ0v) is 17.9. The highest BCUT2D eigenvalue weighted by Crippen LogP contribution is 2.24. The number of carbonyl (C=O) groups is 2. The van der Waals surface area contributed by atoms with Crippen LogP contribution in [0, 0.1) is 12.7 Å². The number of piperazine rings is 1. The summed E-state index contributed by atoms with van der Waals surface area (Å²) in [4.78, 5) is 39.1. The van der Waals surface area contributed by atoms with Crippen molar-refractivity contribution in [2.45, 2.75) is 13.8 Å². The van der Waals surface area contributed by atoms with Gasteiger partial charge >= 0.3 is 5.63 Å². The van der Waals surface area contributed by atoms with Crippen LogP contribution in [0.4, 0.5) is 10.1 Å². The molecule has 3 aromatic rings. The first-order valence-electron chi connectivity index (χ1n) is 10.3. The number of aryl methyl sites for hydroxylation is 1. The van der Waals surface area contributed by atoms with Crippen LogP contribution >= 0.6 is 0 Å². The van der Waals surface area contributed by atoms with E-state index in [1.54, 1.807) is 35.2 Å². The molecule has 8 heteroatoms. The minimum Gasteiger partial charge on any atom is -0.484 e. The Morgan fingerprint density at radius 3 is 2.50 bits per heavy atom. The fourth-order valence-corrected chi connectivity index (χ4v) is 3.81. The predicted octanol–water partition coefficient (Wildman–Crippen LogP) is 3.17. The highest BCUT2D eigenvalue weighted by atomic mass is 19.1. The first-order valence-corrected chi connectivity index (χ1v) is 10.3. The molecule has 2 aromatic carbocycles. The molecule has 0 aliphatic carbocycles. The van der Waals surface area contributed by atoms with Crippen molar-refractivity contribution >= 4 is 28.3 Å². The van der Waals surface area contributed by atoms with Crippen molar-refractivity contribution in [3.05, 3.63) is 69.8 Å². The standard InChI is InChI=1S/C24H23FN2O5/c1-15-11-24(30)32-22-13-18(4-5-19(15)22)31-14-23(29)27-9-7-26(8-10-27)21-6-3-17(16(2)28)12-20(21)25/h3-6,11-13H,7-10,14H2,1-2H3. The van der Waals surface area contributed by atoms with E-state index in [0.29, 0.717) is 48.8 Å². The molecule has 0 N–H and O–H groups in total. The van der Waals surface area contributed by atoms with E-state index in [9.17, 15) is 18.8 Å². The predicted molar refractivity (Wildman–Crippen MR) is 118 cm³/mol. The van der Waals surface area contributed by atoms with Crippen LogP contribution in [0.5, 0.6) is 5.75 Å². The minimum atomic E-state index is -0.445. The molecule has 1 aliphatic heterocycles. The molecule has 0 saturated carbocycles. The molecule has 0 unspecified atom stereocenters. The molecule has 0 bridgehead atoms. The van der Waals surface area contributed by atoms with Gasteiger partial charge in [-0.3, -0.25) is 9.59 Å². The van der Waals surface area contributed by atoms with Gasteiger partial charge in [-0.05, 0) is 49.7 Å². The van der Waals surface area contributed by atoms with Crippen molar-refractivity contribution in [2.24, 2.45) is 0 Å². The van der Waals surface area contributed by atoms with E-state index >= 15 is 0 Å². The monoisotopic (exact) mass is 438 g/mol. The van der Waals surface area contributed by atoms with Crippen molar-refractivity contribution in [1.82, 2.24) is 4.90 Å². The van der Waals surface area contributed by atoms with Gasteiger partial charge in [0.1, 0.15) is 17.1 Å². The number of amides is 1. The zero-order valence-electron chi connectivity index (χ0n) is 17.9. The van der Waals surface area contributed by atoms with Gasteiger partial charge < -0.3 is 19.0 Å². The number of Topliss-reactive ketones (excluding diaryl/α,β-unsaturated/α-hetero) is 1. The molecule has 7 nitrogen and oxygen atoms in total. The molecular weight excluding hydrogens is 415 g/mol. The Morgan fingerprint density at radius 1 is 1.06 bits per heavy atom. The van der Waals surface area contributed by atoms with Crippen LogP contribution in [-0.4, -0.2) is 49.4 Å². The molecule has 1 amide bonds. The van der Waals surface area contributed by atoms with Crippen LogP contribution in [0.25, 0.3) is 11.0 Å². The second-order valence-electron chi connectivity index (χ2n) is 7.79. The van der Waals surface area contributed by atoms with Crippen molar-refractivity contribution in [3.8, 4) is 5.75 Å². The Kier molecular flexibility index (Phi) is 5.94. The first-order chi connectivity index (χ1) is 15.3. The fourth-order valence-electron chi connectivity index (χ4n) is 3.81. The average Bonchev–Trinajstić information content (AvgIpc) is 2.77. The Labute approximate surface area is 184 Å². The molecule has 32 heavy (non-hydrogen) atoms. The number of hydrogen-bond donors (Lipinski definition) is 0. The number of fused-ring (bicyclic) bond motifs is 1. The Hall–Kier alpha value is -3.68. The summed E-state index contributed by atoms with van der Waals surface area (Å²) in [6.45, 7) is 4.89. The van der Waals surface area contributed by atoms with Crippen molar-refractivity contribution in [2.75, 3.05) is 37.7 Å². The molecular formula is C24H23FN2O5. The van der Waals surface area contributed by atoms with Gasteiger partial charge in [0.05, 0.1) is 5.69 Å². The lowest BCUT2D eigenvalue weighted by Crippen LogP contribution is -2.50. The molecule has 0 radical (unpaired) electrons. The van der Waals surface area contributed by atoms with Gasteiger partial charge in [0.2, 0.25) is 0 Å². The summed E-state index contributed by atoms with van der Waals surface area (Å²) < 4.78 is 25.2. The van der Waals surface area contributed by atoms with E-state index < -0.39 is 11.4 Å². The molecule has 1 aliphatic rings. The SMILES string of the molecule is CC(=O)c1ccc(N2CCN(C(=O)COc3ccc4c(C)cc(=O)oc4c3)CC2)c(F)c1. The summed E-state index contributed by atoms with van der Waals surface area (Å²) in [6, 6.07) is 11.0. The van der Waals surface area contributed by atoms with Crippen LogP contribution < -0.4 is 15.3 Å². The summed E-state index contributed by atoms with van der Waals surface area (Å²) in [7, 11) is 0. The number of ketones is 1. The number of anilines is 1. The van der Waals surface area contributed by atoms with E-state index in [1.807, 2.05) is 11.8 Å². The molecule has 0 spiro atoms. The van der Waals surface area contributed by atoms with Crippen LogP contribution in [0.3, 0.4) is 0 Å². The normalized spacial score (nSPS) is 14.0. The topological polar surface area (TPSA) is 80.1 Å². The van der Waals surface area contributed by atoms with Gasteiger partial charge in [-0.2, -0.15) is 0 Å². The van der Waals surface area contributed by atoms with Crippen molar-refractivity contribution in [3.63, 3.8) is 0 Å². The second-order valence-corrected chi connectivity index (χ2v) is 7.79. The Bertz CT molecular complexity index is 1240. The van der Waals surface area contributed by atoms with Crippen molar-refractivity contribution in [1.29, 1.82) is 0 Å². The van der Waals surface area contributed by atoms with E-state index in [-0.39, 0.29) is 18.3 Å². The lowest BCUT2D eigenvalue weighted by Gasteiger charge is -2.36. The Morgan fingerprint density at radius 2 is 1.81 bits per heavy atom. The Balaban J connectivity index is 1.34. The number of halogens is 1. The maximum atomic E-state index is 14.4. The molecule has 4 rings (SSSR count). The minimum absolute atomic E-state index is 0.150. The number of carbonyl (C=O) groups excluding carboxylic acids is 2. The van der Waals surface area contributed by atoms with Crippen LogP contribution in [0.2, 0.25) is 0 Å². The molecule has 1 aromatic heterocycles. The second kappa shape index (κ2) is 8.82. The summed E-state index contributed by atoms with van der Waals surface area (Å²) in [5, 5.41) is 0.808.